The quantitative estimate of drug-likeness (QED) is 0.850. The van der Waals surface area contributed by atoms with Crippen molar-refractivity contribution in [2.45, 2.75) is 25.7 Å². The molecule has 20 heavy (non-hydrogen) atoms. The molecule has 0 unspecified atom stereocenters. The molecule has 1 aromatic heterocycles. The number of aromatic nitrogens is 1. The van der Waals surface area contributed by atoms with Crippen LogP contribution in [-0.4, -0.2) is 13.4 Å². The van der Waals surface area contributed by atoms with E-state index in [4.69, 9.17) is 5.73 Å². The number of hydrogen-bond donors (Lipinski definition) is 2. The van der Waals surface area contributed by atoms with Gasteiger partial charge in [0.15, 0.2) is 0 Å². The number of aryl methyl sites for hydroxylation is 3. The van der Waals surface area contributed by atoms with Gasteiger partial charge in [0, 0.05) is 17.6 Å². The summed E-state index contributed by atoms with van der Waals surface area (Å²) < 4.78 is 27.6. The first kappa shape index (κ1) is 14.3. The van der Waals surface area contributed by atoms with E-state index in [1.54, 1.807) is 51.2 Å². The van der Waals surface area contributed by atoms with Gasteiger partial charge in [0.25, 0.3) is 10.0 Å². The van der Waals surface area contributed by atoms with Gasteiger partial charge in [0.2, 0.25) is 0 Å². The first-order valence-corrected chi connectivity index (χ1v) is 7.60. The van der Waals surface area contributed by atoms with E-state index in [9.17, 15) is 8.42 Å². The average Bonchev–Trinajstić information content (AvgIpc) is 2.25. The SMILES string of the molecule is Cc1cc(NS(=O)(=O)c2c(C)cc(N)cc2C)ccn1. The van der Waals surface area contributed by atoms with Gasteiger partial charge in [-0.2, -0.15) is 0 Å². The zero-order chi connectivity index (χ0) is 14.9. The highest BCUT2D eigenvalue weighted by Crippen LogP contribution is 2.25. The lowest BCUT2D eigenvalue weighted by atomic mass is 10.1. The number of nitrogen functional groups attached to an aromatic ring is 1. The minimum atomic E-state index is -3.64. The monoisotopic (exact) mass is 291 g/mol. The van der Waals surface area contributed by atoms with E-state index in [0.29, 0.717) is 22.5 Å². The van der Waals surface area contributed by atoms with Crippen LogP contribution in [0.1, 0.15) is 16.8 Å². The highest BCUT2D eigenvalue weighted by Gasteiger charge is 2.20. The molecule has 1 heterocycles. The van der Waals surface area contributed by atoms with Crippen LogP contribution in [0.5, 0.6) is 0 Å². The van der Waals surface area contributed by atoms with Gasteiger partial charge >= 0.3 is 0 Å². The normalized spacial score (nSPS) is 11.3. The Balaban J connectivity index is 2.46. The number of sulfonamides is 1. The molecule has 0 saturated carbocycles. The average molecular weight is 291 g/mol. The molecular weight excluding hydrogens is 274 g/mol. The Bertz CT molecular complexity index is 732. The summed E-state index contributed by atoms with van der Waals surface area (Å²) in [4.78, 5) is 4.30. The summed E-state index contributed by atoms with van der Waals surface area (Å²) in [5.41, 5.74) is 8.77. The van der Waals surface area contributed by atoms with Gasteiger partial charge in [0.05, 0.1) is 10.6 Å². The van der Waals surface area contributed by atoms with Gasteiger partial charge in [0.1, 0.15) is 0 Å². The van der Waals surface area contributed by atoms with E-state index >= 15 is 0 Å². The molecule has 0 bridgehead atoms. The van der Waals surface area contributed by atoms with Crippen molar-refractivity contribution < 1.29 is 8.42 Å². The molecule has 3 N–H and O–H groups in total. The van der Waals surface area contributed by atoms with Crippen LogP contribution in [-0.2, 0) is 10.0 Å². The fraction of sp³-hybridized carbons (Fsp3) is 0.214. The van der Waals surface area contributed by atoms with Crippen LogP contribution in [0, 0.1) is 20.8 Å². The Labute approximate surface area is 118 Å². The molecule has 5 nitrogen and oxygen atoms in total. The molecule has 0 spiro atoms. The van der Waals surface area contributed by atoms with Crippen LogP contribution >= 0.6 is 0 Å². The fourth-order valence-electron chi connectivity index (χ4n) is 2.22. The second-order valence-corrected chi connectivity index (χ2v) is 6.39. The van der Waals surface area contributed by atoms with E-state index in [1.807, 2.05) is 0 Å². The molecule has 1 aromatic carbocycles. The molecule has 0 aliphatic rings. The number of hydrogen-bond acceptors (Lipinski definition) is 4. The lowest BCUT2D eigenvalue weighted by molar-refractivity contribution is 0.600. The van der Waals surface area contributed by atoms with Crippen molar-refractivity contribution in [2.24, 2.45) is 0 Å². The number of anilines is 2. The molecule has 0 saturated heterocycles. The number of nitrogens with zero attached hydrogens (tertiary/aromatic N) is 1. The largest absolute Gasteiger partial charge is 0.399 e. The minimum Gasteiger partial charge on any atom is -0.399 e. The van der Waals surface area contributed by atoms with Gasteiger partial charge in [-0.3, -0.25) is 9.71 Å². The van der Waals surface area contributed by atoms with Crippen LogP contribution in [0.2, 0.25) is 0 Å². The fourth-order valence-corrected chi connectivity index (χ4v) is 3.73. The van der Waals surface area contributed by atoms with E-state index in [2.05, 4.69) is 9.71 Å². The predicted molar refractivity (Wildman–Crippen MR) is 80.1 cm³/mol. The van der Waals surface area contributed by atoms with E-state index < -0.39 is 10.0 Å². The summed E-state index contributed by atoms with van der Waals surface area (Å²) in [5.74, 6) is 0. The third-order valence-corrected chi connectivity index (χ3v) is 4.59. The van der Waals surface area contributed by atoms with Gasteiger partial charge < -0.3 is 5.73 Å². The van der Waals surface area contributed by atoms with Gasteiger partial charge in [-0.05, 0) is 56.2 Å². The second-order valence-electron chi connectivity index (χ2n) is 4.78. The number of benzene rings is 1. The zero-order valence-electron chi connectivity index (χ0n) is 11.6. The number of rotatable bonds is 3. The highest BCUT2D eigenvalue weighted by atomic mass is 32.2. The summed E-state index contributed by atoms with van der Waals surface area (Å²) in [7, 11) is -3.64. The first-order valence-electron chi connectivity index (χ1n) is 6.12. The van der Waals surface area contributed by atoms with Gasteiger partial charge in [-0.25, -0.2) is 8.42 Å². The molecule has 2 aromatic rings. The lowest BCUT2D eigenvalue weighted by Gasteiger charge is -2.13. The van der Waals surface area contributed by atoms with Crippen LogP contribution < -0.4 is 10.5 Å². The third-order valence-electron chi connectivity index (χ3n) is 2.90. The maximum absolute atomic E-state index is 12.5. The molecular formula is C14H17N3O2S. The van der Waals surface area contributed by atoms with E-state index in [-0.39, 0.29) is 4.90 Å². The van der Waals surface area contributed by atoms with Crippen LogP contribution in [0.15, 0.2) is 35.4 Å². The van der Waals surface area contributed by atoms with Crippen molar-refractivity contribution in [3.63, 3.8) is 0 Å². The van der Waals surface area contributed by atoms with Crippen LogP contribution in [0.4, 0.5) is 11.4 Å². The van der Waals surface area contributed by atoms with Gasteiger partial charge in [-0.15, -0.1) is 0 Å². The molecule has 0 atom stereocenters. The topological polar surface area (TPSA) is 85.1 Å². The number of nitrogens with two attached hydrogens (primary N) is 1. The van der Waals surface area contributed by atoms with Crippen molar-refractivity contribution in [3.8, 4) is 0 Å². The minimum absolute atomic E-state index is 0.265. The molecule has 0 aliphatic heterocycles. The number of nitrogens with one attached hydrogen (secondary N) is 1. The Morgan fingerprint density at radius 1 is 1.10 bits per heavy atom. The van der Waals surface area contributed by atoms with Crippen molar-refractivity contribution in [3.05, 3.63) is 47.3 Å². The number of pyridine rings is 1. The van der Waals surface area contributed by atoms with Crippen molar-refractivity contribution >= 4 is 21.4 Å². The van der Waals surface area contributed by atoms with Crippen molar-refractivity contribution in [1.29, 1.82) is 0 Å². The Kier molecular flexibility index (Phi) is 3.67. The Hall–Kier alpha value is -2.08. The summed E-state index contributed by atoms with van der Waals surface area (Å²) in [6.45, 7) is 5.27. The first-order chi connectivity index (χ1) is 9.29. The smallest absolute Gasteiger partial charge is 0.262 e. The molecule has 0 fully saturated rings. The maximum Gasteiger partial charge on any atom is 0.262 e. The summed E-state index contributed by atoms with van der Waals surface area (Å²) in [5, 5.41) is 0. The maximum atomic E-state index is 12.5. The Morgan fingerprint density at radius 2 is 1.70 bits per heavy atom. The van der Waals surface area contributed by atoms with E-state index in [1.165, 1.54) is 0 Å². The molecule has 6 heteroatoms. The predicted octanol–water partition coefficient (Wildman–Crippen LogP) is 2.39. The standard InChI is InChI=1S/C14H17N3O2S/c1-9-6-12(15)7-10(2)14(9)20(18,19)17-13-4-5-16-11(3)8-13/h4-8H,15H2,1-3H3,(H,16,17). The third kappa shape index (κ3) is 2.91. The summed E-state index contributed by atoms with van der Waals surface area (Å²) >= 11 is 0. The molecule has 0 aliphatic carbocycles. The van der Waals surface area contributed by atoms with Gasteiger partial charge in [-0.1, -0.05) is 0 Å². The van der Waals surface area contributed by atoms with Crippen LogP contribution in [0.3, 0.4) is 0 Å². The second kappa shape index (κ2) is 5.13. The molecule has 2 rings (SSSR count). The van der Waals surface area contributed by atoms with Crippen molar-refractivity contribution in [2.75, 3.05) is 10.5 Å². The Morgan fingerprint density at radius 3 is 2.25 bits per heavy atom. The van der Waals surface area contributed by atoms with Crippen molar-refractivity contribution in [1.82, 2.24) is 4.98 Å². The zero-order valence-corrected chi connectivity index (χ0v) is 12.5. The summed E-state index contributed by atoms with van der Waals surface area (Å²) in [6, 6.07) is 6.60. The van der Waals surface area contributed by atoms with Crippen LogP contribution in [0.25, 0.3) is 0 Å². The molecule has 0 radical (unpaired) electrons. The lowest BCUT2D eigenvalue weighted by Crippen LogP contribution is -2.16. The van der Waals surface area contributed by atoms with E-state index in [0.717, 1.165) is 5.69 Å². The highest BCUT2D eigenvalue weighted by molar-refractivity contribution is 7.92. The molecule has 0 amide bonds. The summed E-state index contributed by atoms with van der Waals surface area (Å²) in [6.07, 6.45) is 1.57. The molecule has 106 valence electrons.